The number of hydrogen-bond donors (Lipinski definition) is 2. The van der Waals surface area contributed by atoms with Crippen LogP contribution in [0.15, 0.2) is 12.2 Å². The third-order valence-electron chi connectivity index (χ3n) is 1.13. The van der Waals surface area contributed by atoms with Crippen LogP contribution in [0.2, 0.25) is 0 Å². The minimum atomic E-state index is -4.41. The van der Waals surface area contributed by atoms with Crippen LogP contribution in [0.1, 0.15) is 13.3 Å². The van der Waals surface area contributed by atoms with Crippen molar-refractivity contribution in [1.29, 1.82) is 0 Å². The Morgan fingerprint density at radius 1 is 1.31 bits per heavy atom. The summed E-state index contributed by atoms with van der Waals surface area (Å²) in [5.74, 6) is -0.527. The van der Waals surface area contributed by atoms with Gasteiger partial charge < -0.3 is 14.5 Å². The molecule has 9 heteroatoms. The molecule has 0 aliphatic heterocycles. The van der Waals surface area contributed by atoms with E-state index in [1.165, 1.54) is 6.92 Å². The van der Waals surface area contributed by atoms with E-state index in [4.69, 9.17) is 9.79 Å². The molecule has 16 heavy (non-hydrogen) atoms. The van der Waals surface area contributed by atoms with Crippen LogP contribution in [0.5, 0.6) is 0 Å². The summed E-state index contributed by atoms with van der Waals surface area (Å²) in [6.07, 6.45) is 0.226. The van der Waals surface area contributed by atoms with Crippen LogP contribution in [0.25, 0.3) is 0 Å². The molecule has 0 unspecified atom stereocenters. The monoisotopic (exact) mass is 272 g/mol. The van der Waals surface area contributed by atoms with Gasteiger partial charge in [0.15, 0.2) is 0 Å². The quantitative estimate of drug-likeness (QED) is 0.218. The molecule has 0 aromatic rings. The molecule has 0 aliphatic carbocycles. The Morgan fingerprint density at radius 2 is 1.81 bits per heavy atom. The van der Waals surface area contributed by atoms with Gasteiger partial charge in [0.1, 0.15) is 0 Å². The number of carbonyl (C=O) groups is 1. The van der Waals surface area contributed by atoms with Crippen LogP contribution >= 0.6 is 7.82 Å². The fourth-order valence-corrected chi connectivity index (χ4v) is 0.897. The first kappa shape index (κ1) is 22.5. The molecule has 0 rings (SSSR count). The molecule has 0 aromatic carbocycles. The second-order valence-electron chi connectivity index (χ2n) is 2.59. The van der Waals surface area contributed by atoms with Gasteiger partial charge in [0.05, 0.1) is 13.2 Å². The van der Waals surface area contributed by atoms with Gasteiger partial charge in [-0.15, -0.1) is 0 Å². The molecule has 0 spiro atoms. The predicted octanol–water partition coefficient (Wildman–Crippen LogP) is -0.692. The van der Waals surface area contributed by atoms with Crippen LogP contribution in [0.3, 0.4) is 0 Å². The summed E-state index contributed by atoms with van der Waals surface area (Å²) < 4.78 is 19.0. The van der Waals surface area contributed by atoms with Crippen LogP contribution < -0.4 is 0 Å². The van der Waals surface area contributed by atoms with E-state index < -0.39 is 13.8 Å². The van der Waals surface area contributed by atoms with Gasteiger partial charge in [-0.3, -0.25) is 4.52 Å². The van der Waals surface area contributed by atoms with Crippen molar-refractivity contribution >= 4 is 72.9 Å². The molecular weight excluding hydrogens is 257 g/mol. The molecule has 0 atom stereocenters. The van der Waals surface area contributed by atoms with Crippen LogP contribution in [-0.2, 0) is 18.6 Å². The standard InChI is InChI=1S/C7H13O6P.2Na.2H/c1-6(2)7(8)12-4-3-5-13-14(9,10)11;;;;/h1,3-5H2,2H3,(H2,9,10,11);;;;. The second kappa shape index (κ2) is 11.4. The first-order valence-electron chi connectivity index (χ1n) is 3.85. The van der Waals surface area contributed by atoms with Gasteiger partial charge in [-0.2, -0.15) is 0 Å². The predicted molar refractivity (Wildman–Crippen MR) is 62.7 cm³/mol. The molecule has 0 heterocycles. The summed E-state index contributed by atoms with van der Waals surface area (Å²) in [4.78, 5) is 27.3. The average molecular weight is 272 g/mol. The maximum absolute atomic E-state index is 10.8. The Bertz CT molecular complexity index is 264. The van der Waals surface area contributed by atoms with E-state index in [1.54, 1.807) is 0 Å². The van der Waals surface area contributed by atoms with E-state index in [-0.39, 0.29) is 84.3 Å². The summed E-state index contributed by atoms with van der Waals surface area (Å²) in [5.41, 5.74) is 0.279. The molecule has 6 nitrogen and oxygen atoms in total. The summed E-state index contributed by atoms with van der Waals surface area (Å²) in [6.45, 7) is 4.76. The van der Waals surface area contributed by atoms with Crippen LogP contribution in [0.4, 0.5) is 0 Å². The van der Waals surface area contributed by atoms with Crippen molar-refractivity contribution in [2.75, 3.05) is 13.2 Å². The SMILES string of the molecule is C=C(C)C(=O)OCCCOP(=O)(O)O.[NaH].[NaH]. The van der Waals surface area contributed by atoms with Crippen molar-refractivity contribution in [3.05, 3.63) is 12.2 Å². The molecule has 0 radical (unpaired) electrons. The molecular formula is C7H15Na2O6P. The molecule has 86 valence electrons. The number of rotatable bonds is 6. The van der Waals surface area contributed by atoms with E-state index in [1.807, 2.05) is 0 Å². The topological polar surface area (TPSA) is 93.1 Å². The van der Waals surface area contributed by atoms with E-state index in [0.29, 0.717) is 0 Å². The Hall–Kier alpha value is 1.32. The minimum absolute atomic E-state index is 0. The Balaban J connectivity index is -0.000000845. The molecule has 0 saturated carbocycles. The van der Waals surface area contributed by atoms with Crippen molar-refractivity contribution in [1.82, 2.24) is 0 Å². The number of phosphoric ester groups is 1. The fraction of sp³-hybridized carbons (Fsp3) is 0.571. The van der Waals surface area contributed by atoms with E-state index in [2.05, 4.69) is 15.8 Å². The van der Waals surface area contributed by atoms with Gasteiger partial charge in [-0.05, 0) is 6.92 Å². The van der Waals surface area contributed by atoms with Crippen LogP contribution in [-0.4, -0.2) is 88.1 Å². The normalized spacial score (nSPS) is 9.69. The van der Waals surface area contributed by atoms with Gasteiger partial charge in [0.25, 0.3) is 0 Å². The first-order valence-corrected chi connectivity index (χ1v) is 5.38. The Kier molecular flexibility index (Phi) is 16.0. The third-order valence-corrected chi connectivity index (χ3v) is 1.65. The summed E-state index contributed by atoms with van der Waals surface area (Å²) >= 11 is 0. The second-order valence-corrected chi connectivity index (χ2v) is 3.83. The summed E-state index contributed by atoms with van der Waals surface area (Å²) in [6, 6.07) is 0. The van der Waals surface area contributed by atoms with Crippen molar-refractivity contribution in [3.63, 3.8) is 0 Å². The molecule has 0 aromatic heterocycles. The van der Waals surface area contributed by atoms with E-state index in [0.717, 1.165) is 0 Å². The number of phosphoric acid groups is 1. The Morgan fingerprint density at radius 3 is 2.19 bits per heavy atom. The number of ether oxygens (including phenoxy) is 1. The zero-order valence-corrected chi connectivity index (χ0v) is 8.70. The zero-order chi connectivity index (χ0) is 11.2. The molecule has 0 saturated heterocycles. The average Bonchev–Trinajstić information content (AvgIpc) is 2.01. The summed E-state index contributed by atoms with van der Waals surface area (Å²) in [5, 5.41) is 0. The third kappa shape index (κ3) is 15.3. The van der Waals surface area contributed by atoms with Gasteiger partial charge in [-0.1, -0.05) is 6.58 Å². The summed E-state index contributed by atoms with van der Waals surface area (Å²) in [7, 11) is -4.41. The number of carbonyl (C=O) groups excluding carboxylic acids is 1. The van der Waals surface area contributed by atoms with Gasteiger partial charge in [-0.25, -0.2) is 9.36 Å². The first-order chi connectivity index (χ1) is 6.33. The molecule has 0 bridgehead atoms. The van der Waals surface area contributed by atoms with Gasteiger partial charge >= 0.3 is 72.9 Å². The maximum atomic E-state index is 10.8. The van der Waals surface area contributed by atoms with Crippen LogP contribution in [0, 0.1) is 0 Å². The van der Waals surface area contributed by atoms with Crippen molar-refractivity contribution in [2.45, 2.75) is 13.3 Å². The van der Waals surface area contributed by atoms with Crippen molar-refractivity contribution in [3.8, 4) is 0 Å². The molecule has 0 amide bonds. The fourth-order valence-electron chi connectivity index (χ4n) is 0.530. The molecule has 2 N–H and O–H groups in total. The van der Waals surface area contributed by atoms with Gasteiger partial charge in [0.2, 0.25) is 0 Å². The Labute approximate surface area is 139 Å². The number of hydrogen-bond acceptors (Lipinski definition) is 4. The molecule has 0 fully saturated rings. The number of esters is 1. The van der Waals surface area contributed by atoms with Gasteiger partial charge in [0, 0.05) is 12.0 Å². The van der Waals surface area contributed by atoms with E-state index >= 15 is 0 Å². The zero-order valence-electron chi connectivity index (χ0n) is 7.80. The van der Waals surface area contributed by atoms with Crippen molar-refractivity contribution < 1.29 is 28.4 Å². The van der Waals surface area contributed by atoms with Crippen molar-refractivity contribution in [2.24, 2.45) is 0 Å². The molecule has 0 aliphatic rings. The van der Waals surface area contributed by atoms with E-state index in [9.17, 15) is 9.36 Å².